The number of aromatic nitrogens is 2. The molecule has 0 aliphatic rings. The Balaban J connectivity index is 2.16. The van der Waals surface area contributed by atoms with Crippen LogP contribution in [0.5, 0.6) is 0 Å². The number of anilines is 1. The highest BCUT2D eigenvalue weighted by atomic mass is 35.5. The first kappa shape index (κ1) is 12.7. The van der Waals surface area contributed by atoms with Crippen LogP contribution in [0.1, 0.15) is 10.4 Å². The molecule has 18 heavy (non-hydrogen) atoms. The number of hydrogen-bond donors (Lipinski definition) is 1. The van der Waals surface area contributed by atoms with E-state index in [1.54, 1.807) is 0 Å². The van der Waals surface area contributed by atoms with Gasteiger partial charge in [-0.1, -0.05) is 23.2 Å². The topological polar surface area (TPSA) is 54.9 Å². The van der Waals surface area contributed by atoms with Crippen molar-refractivity contribution >= 4 is 34.9 Å². The van der Waals surface area contributed by atoms with E-state index in [0.29, 0.717) is 0 Å². The van der Waals surface area contributed by atoms with Crippen molar-refractivity contribution in [2.45, 2.75) is 0 Å². The highest BCUT2D eigenvalue weighted by molar-refractivity contribution is 6.30. The number of carbonyl (C=O) groups is 1. The molecule has 2 aromatic rings. The van der Waals surface area contributed by atoms with E-state index in [0.717, 1.165) is 6.07 Å². The Morgan fingerprint density at radius 3 is 2.56 bits per heavy atom. The van der Waals surface area contributed by atoms with Gasteiger partial charge in [0.2, 0.25) is 0 Å². The molecule has 0 saturated carbocycles. The molecule has 0 fully saturated rings. The largest absolute Gasteiger partial charge is 0.305 e. The van der Waals surface area contributed by atoms with Crippen molar-refractivity contribution in [3.05, 3.63) is 51.9 Å². The number of nitrogens with one attached hydrogen (secondary N) is 1. The van der Waals surface area contributed by atoms with E-state index in [2.05, 4.69) is 15.5 Å². The summed E-state index contributed by atoms with van der Waals surface area (Å²) in [5.41, 5.74) is 0.133. The van der Waals surface area contributed by atoms with Gasteiger partial charge in [0.25, 0.3) is 5.91 Å². The Kier molecular flexibility index (Phi) is 3.74. The minimum atomic E-state index is -0.661. The van der Waals surface area contributed by atoms with E-state index in [1.165, 1.54) is 24.3 Å². The van der Waals surface area contributed by atoms with Gasteiger partial charge in [-0.05, 0) is 30.3 Å². The fourth-order valence-electron chi connectivity index (χ4n) is 1.21. The molecule has 0 spiro atoms. The summed E-state index contributed by atoms with van der Waals surface area (Å²) in [5, 5.41) is 9.83. The first-order chi connectivity index (χ1) is 8.56. The average Bonchev–Trinajstić information content (AvgIpc) is 2.35. The Hall–Kier alpha value is -1.72. The van der Waals surface area contributed by atoms with Gasteiger partial charge in [0, 0.05) is 5.56 Å². The highest BCUT2D eigenvalue weighted by Gasteiger charge is 2.09. The number of carbonyl (C=O) groups excluding carboxylic acids is 1. The molecule has 1 amide bonds. The molecule has 0 atom stereocenters. The lowest BCUT2D eigenvalue weighted by Crippen LogP contribution is -2.13. The standard InChI is InChI=1S/C11H6Cl2FN3O/c12-7-2-1-6(5-8(7)14)11(18)15-10-4-3-9(13)16-17-10/h1-5H,(H,15,17,18). The molecule has 0 unspecified atom stereocenters. The van der Waals surface area contributed by atoms with Gasteiger partial charge < -0.3 is 5.32 Å². The first-order valence-electron chi connectivity index (χ1n) is 4.82. The molecule has 1 N–H and O–H groups in total. The Morgan fingerprint density at radius 2 is 1.94 bits per heavy atom. The van der Waals surface area contributed by atoms with Gasteiger partial charge in [0.05, 0.1) is 5.02 Å². The highest BCUT2D eigenvalue weighted by Crippen LogP contribution is 2.16. The van der Waals surface area contributed by atoms with E-state index < -0.39 is 11.7 Å². The maximum atomic E-state index is 13.2. The summed E-state index contributed by atoms with van der Waals surface area (Å²) in [7, 11) is 0. The zero-order valence-electron chi connectivity index (χ0n) is 8.82. The molecule has 0 saturated heterocycles. The van der Waals surface area contributed by atoms with Gasteiger partial charge in [0.1, 0.15) is 5.82 Å². The van der Waals surface area contributed by atoms with Crippen LogP contribution in [-0.2, 0) is 0 Å². The summed E-state index contributed by atoms with van der Waals surface area (Å²) in [6.45, 7) is 0. The third-order valence-electron chi connectivity index (χ3n) is 2.06. The van der Waals surface area contributed by atoms with E-state index >= 15 is 0 Å². The van der Waals surface area contributed by atoms with Crippen molar-refractivity contribution in [3.8, 4) is 0 Å². The molecule has 1 heterocycles. The summed E-state index contributed by atoms with van der Waals surface area (Å²) in [4.78, 5) is 11.7. The van der Waals surface area contributed by atoms with Crippen LogP contribution in [0, 0.1) is 5.82 Å². The molecule has 0 aliphatic heterocycles. The maximum Gasteiger partial charge on any atom is 0.256 e. The van der Waals surface area contributed by atoms with Crippen molar-refractivity contribution in [1.29, 1.82) is 0 Å². The van der Waals surface area contributed by atoms with Crippen LogP contribution >= 0.6 is 23.2 Å². The number of nitrogens with zero attached hydrogens (tertiary/aromatic N) is 2. The molecule has 1 aromatic heterocycles. The van der Waals surface area contributed by atoms with Gasteiger partial charge >= 0.3 is 0 Å². The summed E-state index contributed by atoms with van der Waals surface area (Å²) in [5.74, 6) is -0.951. The van der Waals surface area contributed by atoms with Gasteiger partial charge in [-0.3, -0.25) is 4.79 Å². The van der Waals surface area contributed by atoms with Gasteiger partial charge in [-0.25, -0.2) is 4.39 Å². The second kappa shape index (κ2) is 5.29. The smallest absolute Gasteiger partial charge is 0.256 e. The van der Waals surface area contributed by atoms with Crippen LogP contribution in [-0.4, -0.2) is 16.1 Å². The van der Waals surface area contributed by atoms with Gasteiger partial charge in [-0.2, -0.15) is 0 Å². The van der Waals surface area contributed by atoms with E-state index in [-0.39, 0.29) is 21.6 Å². The van der Waals surface area contributed by atoms with Crippen molar-refractivity contribution in [3.63, 3.8) is 0 Å². The van der Waals surface area contributed by atoms with Crippen LogP contribution in [0.25, 0.3) is 0 Å². The number of amides is 1. The summed E-state index contributed by atoms with van der Waals surface area (Å²) in [6.07, 6.45) is 0. The Labute approximate surface area is 112 Å². The molecule has 1 aromatic carbocycles. The monoisotopic (exact) mass is 285 g/mol. The van der Waals surface area contributed by atoms with Crippen LogP contribution in [0.2, 0.25) is 10.2 Å². The van der Waals surface area contributed by atoms with Gasteiger partial charge in [0.15, 0.2) is 11.0 Å². The molecular formula is C11H6Cl2FN3O. The average molecular weight is 286 g/mol. The minimum absolute atomic E-state index is 0.0437. The Bertz CT molecular complexity index is 589. The Morgan fingerprint density at radius 1 is 1.17 bits per heavy atom. The lowest BCUT2D eigenvalue weighted by molar-refractivity contribution is 0.102. The molecule has 0 bridgehead atoms. The first-order valence-corrected chi connectivity index (χ1v) is 5.57. The second-order valence-corrected chi connectivity index (χ2v) is 4.12. The summed E-state index contributed by atoms with van der Waals surface area (Å²) in [6, 6.07) is 6.72. The maximum absolute atomic E-state index is 13.2. The second-order valence-electron chi connectivity index (χ2n) is 3.32. The number of rotatable bonds is 2. The predicted octanol–water partition coefficient (Wildman–Crippen LogP) is 3.17. The molecule has 0 aliphatic carbocycles. The SMILES string of the molecule is O=C(Nc1ccc(Cl)nn1)c1ccc(Cl)c(F)c1. The predicted molar refractivity (Wildman–Crippen MR) is 66.4 cm³/mol. The minimum Gasteiger partial charge on any atom is -0.305 e. The van der Waals surface area contributed by atoms with Crippen LogP contribution in [0.3, 0.4) is 0 Å². The van der Waals surface area contributed by atoms with E-state index in [1.807, 2.05) is 0 Å². The van der Waals surface area contributed by atoms with Crippen molar-refractivity contribution in [2.24, 2.45) is 0 Å². The quantitative estimate of drug-likeness (QED) is 0.922. The third kappa shape index (κ3) is 2.94. The zero-order chi connectivity index (χ0) is 13.1. The van der Waals surface area contributed by atoms with Crippen LogP contribution in [0.4, 0.5) is 10.2 Å². The normalized spacial score (nSPS) is 10.2. The van der Waals surface area contributed by atoms with Crippen molar-refractivity contribution < 1.29 is 9.18 Å². The fourth-order valence-corrected chi connectivity index (χ4v) is 1.43. The molecule has 4 nitrogen and oxygen atoms in total. The molecule has 7 heteroatoms. The fraction of sp³-hybridized carbons (Fsp3) is 0. The molecule has 2 rings (SSSR count). The number of hydrogen-bond acceptors (Lipinski definition) is 3. The van der Waals surface area contributed by atoms with Crippen LogP contribution < -0.4 is 5.32 Å². The summed E-state index contributed by atoms with van der Waals surface area (Å²) < 4.78 is 13.2. The van der Waals surface area contributed by atoms with Crippen LogP contribution in [0.15, 0.2) is 30.3 Å². The van der Waals surface area contributed by atoms with E-state index in [9.17, 15) is 9.18 Å². The lowest BCUT2D eigenvalue weighted by Gasteiger charge is -2.04. The zero-order valence-corrected chi connectivity index (χ0v) is 10.3. The molecule has 92 valence electrons. The van der Waals surface area contributed by atoms with Crippen molar-refractivity contribution in [1.82, 2.24) is 10.2 Å². The van der Waals surface area contributed by atoms with Gasteiger partial charge in [-0.15, -0.1) is 10.2 Å². The van der Waals surface area contributed by atoms with Crippen molar-refractivity contribution in [2.75, 3.05) is 5.32 Å². The number of benzene rings is 1. The third-order valence-corrected chi connectivity index (χ3v) is 2.56. The summed E-state index contributed by atoms with van der Waals surface area (Å²) >= 11 is 11.1. The van der Waals surface area contributed by atoms with E-state index in [4.69, 9.17) is 23.2 Å². The number of halogens is 3. The lowest BCUT2D eigenvalue weighted by atomic mass is 10.2. The molecular weight excluding hydrogens is 280 g/mol. The molecule has 0 radical (unpaired) electrons.